The van der Waals surface area contributed by atoms with Gasteiger partial charge in [0.15, 0.2) is 0 Å². The first-order chi connectivity index (χ1) is 12.0. The number of rotatable bonds is 2. The first kappa shape index (κ1) is 19.2. The Balaban J connectivity index is 2.23. The highest BCUT2D eigenvalue weighted by Gasteiger charge is 2.68. The van der Waals surface area contributed by atoms with Crippen LogP contribution >= 0.6 is 7.52 Å². The molecule has 1 fully saturated rings. The molecule has 0 aromatic heterocycles. The summed E-state index contributed by atoms with van der Waals surface area (Å²) < 4.78 is 63.5. The lowest BCUT2D eigenvalue weighted by molar-refractivity contribution is -0.247. The highest BCUT2D eigenvalue weighted by Crippen LogP contribution is 2.67. The summed E-state index contributed by atoms with van der Waals surface area (Å²) in [6, 6.07) is 15.6. The number of halogens is 3. The van der Waals surface area contributed by atoms with E-state index in [1.165, 1.54) is 28.9 Å². The van der Waals surface area contributed by atoms with Gasteiger partial charge >= 0.3 is 13.7 Å². The summed E-state index contributed by atoms with van der Waals surface area (Å²) in [5, 5.41) is 0.261. The van der Waals surface area contributed by atoms with Crippen LogP contribution in [0.2, 0.25) is 0 Å². The summed E-state index contributed by atoms with van der Waals surface area (Å²) in [5.74, 6) is 0. The average Bonchev–Trinajstić information content (AvgIpc) is 2.93. The Morgan fingerprint density at radius 2 is 1.46 bits per heavy atom. The van der Waals surface area contributed by atoms with Gasteiger partial charge in [-0.3, -0.25) is 9.09 Å². The van der Waals surface area contributed by atoms with E-state index in [1.54, 1.807) is 57.2 Å². The molecule has 2 atom stereocenters. The molecule has 0 bridgehead atoms. The van der Waals surface area contributed by atoms with Gasteiger partial charge in [0.05, 0.1) is 11.8 Å². The van der Waals surface area contributed by atoms with E-state index in [2.05, 4.69) is 0 Å². The Hall–Kier alpha value is -1.62. The first-order valence-corrected chi connectivity index (χ1v) is 9.85. The molecule has 2 aromatic rings. The van der Waals surface area contributed by atoms with Crippen molar-refractivity contribution in [2.75, 3.05) is 6.54 Å². The number of alkyl halides is 3. The second kappa shape index (κ2) is 6.22. The molecular formula is C19H21F3NO2P. The van der Waals surface area contributed by atoms with E-state index < -0.39 is 31.4 Å². The van der Waals surface area contributed by atoms with Crippen molar-refractivity contribution in [1.82, 2.24) is 4.67 Å². The van der Waals surface area contributed by atoms with Crippen molar-refractivity contribution in [1.29, 1.82) is 0 Å². The number of hydrogen-bond donors (Lipinski definition) is 0. The quantitative estimate of drug-likeness (QED) is 0.677. The average molecular weight is 383 g/mol. The first-order valence-electron chi connectivity index (χ1n) is 8.27. The molecule has 1 aliphatic heterocycles. The number of nitrogens with zero attached hydrogens (tertiary/aromatic N) is 1. The molecule has 26 heavy (non-hydrogen) atoms. The minimum Gasteiger partial charge on any atom is -0.291 e. The molecule has 0 radical (unpaired) electrons. The van der Waals surface area contributed by atoms with Crippen LogP contribution in [0.1, 0.15) is 26.3 Å². The zero-order valence-electron chi connectivity index (χ0n) is 14.8. The molecule has 0 spiro atoms. The molecule has 3 rings (SSSR count). The molecule has 140 valence electrons. The molecule has 1 heterocycles. The van der Waals surface area contributed by atoms with E-state index in [1.807, 2.05) is 0 Å². The summed E-state index contributed by atoms with van der Waals surface area (Å²) in [7, 11) is -3.92. The van der Waals surface area contributed by atoms with E-state index in [-0.39, 0.29) is 10.9 Å². The highest BCUT2D eigenvalue weighted by molar-refractivity contribution is 7.65. The Bertz CT molecular complexity index is 818. The molecule has 2 unspecified atom stereocenters. The van der Waals surface area contributed by atoms with E-state index in [0.717, 1.165) is 0 Å². The monoisotopic (exact) mass is 383 g/mol. The van der Waals surface area contributed by atoms with Crippen LogP contribution in [0.15, 0.2) is 60.7 Å². The van der Waals surface area contributed by atoms with Crippen LogP contribution in [-0.4, -0.2) is 22.9 Å². The predicted octanol–water partition coefficient (Wildman–Crippen LogP) is 5.09. The normalized spacial score (nSPS) is 27.6. The molecule has 0 amide bonds. The molecular weight excluding hydrogens is 362 g/mol. The summed E-state index contributed by atoms with van der Waals surface area (Å²) in [6.45, 7) is 4.69. The lowest BCUT2D eigenvalue weighted by Gasteiger charge is -2.34. The molecule has 3 nitrogen and oxygen atoms in total. The van der Waals surface area contributed by atoms with Crippen molar-refractivity contribution < 1.29 is 22.3 Å². The summed E-state index contributed by atoms with van der Waals surface area (Å²) in [4.78, 5) is 0. The maximum absolute atomic E-state index is 14.2. The van der Waals surface area contributed by atoms with Crippen LogP contribution in [0.5, 0.6) is 0 Å². The van der Waals surface area contributed by atoms with Gasteiger partial charge in [0.2, 0.25) is 5.60 Å². The fourth-order valence-electron chi connectivity index (χ4n) is 3.19. The van der Waals surface area contributed by atoms with Crippen LogP contribution in [0.4, 0.5) is 13.2 Å². The van der Waals surface area contributed by atoms with Gasteiger partial charge in [0.1, 0.15) is 0 Å². The fourth-order valence-corrected chi connectivity index (χ4v) is 6.09. The van der Waals surface area contributed by atoms with Crippen LogP contribution in [0.3, 0.4) is 0 Å². The summed E-state index contributed by atoms with van der Waals surface area (Å²) >= 11 is 0. The third-order valence-electron chi connectivity index (χ3n) is 4.52. The van der Waals surface area contributed by atoms with Crippen molar-refractivity contribution in [3.05, 3.63) is 66.2 Å². The van der Waals surface area contributed by atoms with Crippen molar-refractivity contribution in [2.45, 2.75) is 38.1 Å². The Morgan fingerprint density at radius 3 is 1.92 bits per heavy atom. The maximum Gasteiger partial charge on any atom is 0.423 e. The fraction of sp³-hybridized carbons (Fsp3) is 0.368. The number of benzene rings is 2. The van der Waals surface area contributed by atoms with Crippen molar-refractivity contribution >= 4 is 12.8 Å². The minimum absolute atomic E-state index is 0.0459. The third-order valence-corrected chi connectivity index (χ3v) is 7.41. The van der Waals surface area contributed by atoms with Gasteiger partial charge in [-0.05, 0) is 38.5 Å². The Kier molecular flexibility index (Phi) is 4.58. The third kappa shape index (κ3) is 3.00. The van der Waals surface area contributed by atoms with Crippen molar-refractivity contribution in [2.24, 2.45) is 0 Å². The molecule has 0 aliphatic carbocycles. The van der Waals surface area contributed by atoms with E-state index in [0.29, 0.717) is 0 Å². The second-order valence-corrected chi connectivity index (χ2v) is 9.59. The molecule has 1 saturated heterocycles. The second-order valence-electron chi connectivity index (χ2n) is 7.37. The van der Waals surface area contributed by atoms with Crippen LogP contribution in [0.25, 0.3) is 0 Å². The summed E-state index contributed by atoms with van der Waals surface area (Å²) in [6.07, 6.45) is -4.72. The predicted molar refractivity (Wildman–Crippen MR) is 95.4 cm³/mol. The highest BCUT2D eigenvalue weighted by atomic mass is 31.2. The zero-order chi connectivity index (χ0) is 19.2. The molecule has 0 saturated carbocycles. The molecule has 7 heteroatoms. The minimum atomic E-state index is -4.72. The maximum atomic E-state index is 14.2. The Morgan fingerprint density at radius 1 is 0.962 bits per heavy atom. The van der Waals surface area contributed by atoms with Gasteiger partial charge in [-0.15, -0.1) is 0 Å². The SMILES string of the molecule is CC(C)(C)N1CC(c2ccccc2)(C(F)(F)F)OP1(=O)c1ccccc1. The standard InChI is InChI=1S/C19H21F3NO2P/c1-17(2,3)23-14-18(19(20,21)22,15-10-6-4-7-11-15)25-26(23,24)16-12-8-5-9-13-16/h4-13H,14H2,1-3H3. The zero-order valence-corrected chi connectivity index (χ0v) is 15.7. The van der Waals surface area contributed by atoms with Crippen molar-refractivity contribution in [3.8, 4) is 0 Å². The topological polar surface area (TPSA) is 29.5 Å². The number of hydrogen-bond acceptors (Lipinski definition) is 2. The van der Waals surface area contributed by atoms with Gasteiger partial charge in [-0.25, -0.2) is 4.67 Å². The largest absolute Gasteiger partial charge is 0.423 e. The van der Waals surface area contributed by atoms with Crippen LogP contribution in [-0.2, 0) is 14.7 Å². The van der Waals surface area contributed by atoms with Gasteiger partial charge in [0, 0.05) is 5.54 Å². The lowest BCUT2D eigenvalue weighted by atomic mass is 9.92. The van der Waals surface area contributed by atoms with Crippen LogP contribution in [0, 0.1) is 0 Å². The van der Waals surface area contributed by atoms with Gasteiger partial charge < -0.3 is 0 Å². The summed E-state index contributed by atoms with van der Waals surface area (Å²) in [5.41, 5.74) is -3.48. The van der Waals surface area contributed by atoms with E-state index in [9.17, 15) is 17.7 Å². The Labute approximate surface area is 151 Å². The molecule has 0 N–H and O–H groups in total. The molecule has 2 aromatic carbocycles. The van der Waals surface area contributed by atoms with E-state index >= 15 is 0 Å². The van der Waals surface area contributed by atoms with Gasteiger partial charge in [-0.2, -0.15) is 13.2 Å². The van der Waals surface area contributed by atoms with Crippen LogP contribution < -0.4 is 5.30 Å². The van der Waals surface area contributed by atoms with Crippen molar-refractivity contribution in [3.63, 3.8) is 0 Å². The van der Waals surface area contributed by atoms with Gasteiger partial charge in [0.25, 0.3) is 0 Å². The smallest absolute Gasteiger partial charge is 0.291 e. The lowest BCUT2D eigenvalue weighted by Crippen LogP contribution is -2.48. The van der Waals surface area contributed by atoms with Gasteiger partial charge in [-0.1, -0.05) is 48.5 Å². The molecule has 1 aliphatic rings. The van der Waals surface area contributed by atoms with E-state index in [4.69, 9.17) is 4.52 Å².